The number of hydrogen-bond donors (Lipinski definition) is 3. The molecule has 2 aliphatic heterocycles. The van der Waals surface area contributed by atoms with Gasteiger partial charge in [-0.05, 0) is 19.3 Å². The molecule has 0 saturated carbocycles. The van der Waals surface area contributed by atoms with E-state index in [1.165, 1.54) is 0 Å². The number of aliphatic hydroxyl groups excluding tert-OH is 2. The van der Waals surface area contributed by atoms with Gasteiger partial charge < -0.3 is 30.0 Å². The van der Waals surface area contributed by atoms with Crippen molar-refractivity contribution in [1.82, 2.24) is 10.2 Å². The second kappa shape index (κ2) is 11.2. The predicted octanol–water partition coefficient (Wildman–Crippen LogP) is 0.0834. The van der Waals surface area contributed by atoms with Crippen LogP contribution in [0.4, 0.5) is 0 Å². The Morgan fingerprint density at radius 3 is 2.76 bits per heavy atom. The summed E-state index contributed by atoms with van der Waals surface area (Å²) in [7, 11) is 3.34. The van der Waals surface area contributed by atoms with Crippen molar-refractivity contribution >= 4 is 45.7 Å². The molecule has 164 valence electrons. The summed E-state index contributed by atoms with van der Waals surface area (Å²) in [6.07, 6.45) is -0.484. The molecule has 0 aromatic heterocycles. The highest BCUT2D eigenvalue weighted by Gasteiger charge is 2.51. The van der Waals surface area contributed by atoms with Crippen molar-refractivity contribution in [3.05, 3.63) is 0 Å². The number of carbonyl (C=O) groups is 4. The van der Waals surface area contributed by atoms with Gasteiger partial charge in [-0.3, -0.25) is 14.4 Å². The Bertz CT molecular complexity index is 621. The monoisotopic (exact) mass is 448 g/mol. The molecule has 2 amide bonds. The van der Waals surface area contributed by atoms with Crippen LogP contribution in [0.2, 0.25) is 0 Å². The quantitative estimate of drug-likeness (QED) is 0.132. The molecule has 0 spiro atoms. The summed E-state index contributed by atoms with van der Waals surface area (Å²) in [5.74, 6) is -1.63. The average molecular weight is 449 g/mol. The summed E-state index contributed by atoms with van der Waals surface area (Å²) >= 11 is 0. The Labute approximate surface area is 177 Å². The smallest absolute Gasteiger partial charge is 0.314 e. The van der Waals surface area contributed by atoms with Crippen molar-refractivity contribution in [2.75, 3.05) is 12.4 Å². The van der Waals surface area contributed by atoms with E-state index >= 15 is 0 Å². The maximum absolute atomic E-state index is 12.3. The lowest BCUT2D eigenvalue weighted by atomic mass is 9.95. The number of carbonyl (C=O) groups excluding carboxylic acids is 4. The van der Waals surface area contributed by atoms with Crippen LogP contribution in [0.5, 0.6) is 0 Å². The van der Waals surface area contributed by atoms with Gasteiger partial charge in [0.2, 0.25) is 0 Å². The number of hydrogen-bond acceptors (Lipinski definition) is 9. The van der Waals surface area contributed by atoms with E-state index < -0.39 is 42.2 Å². The molecule has 29 heavy (non-hydrogen) atoms. The molecule has 0 radical (unpaired) electrons. The van der Waals surface area contributed by atoms with Crippen LogP contribution in [0.1, 0.15) is 39.5 Å². The Kier molecular flexibility index (Phi) is 9.25. The lowest BCUT2D eigenvalue weighted by Crippen LogP contribution is -2.61. The molecule has 2 heterocycles. The topological polar surface area (TPSA) is 133 Å². The SMILES string of the molecule is CC(CCC=O)SSCCC(C)C(=O)OC[C@@H]1C[C@H](O)[C@H](O)[C@H]2NC(=O)C(=O)N12. The van der Waals surface area contributed by atoms with E-state index in [2.05, 4.69) is 12.2 Å². The second-order valence-corrected chi connectivity index (χ2v) is 10.3. The molecule has 0 aromatic rings. The fourth-order valence-electron chi connectivity index (χ4n) is 3.22. The number of piperidine rings is 1. The summed E-state index contributed by atoms with van der Waals surface area (Å²) in [6, 6.07) is -0.676. The van der Waals surface area contributed by atoms with Crippen LogP contribution >= 0.6 is 21.6 Å². The number of fused-ring (bicyclic) bond motifs is 1. The largest absolute Gasteiger partial charge is 0.463 e. The number of rotatable bonds is 11. The molecule has 3 N–H and O–H groups in total. The highest BCUT2D eigenvalue weighted by atomic mass is 33.1. The van der Waals surface area contributed by atoms with Gasteiger partial charge in [-0.2, -0.15) is 0 Å². The lowest BCUT2D eigenvalue weighted by Gasteiger charge is -2.41. The maximum Gasteiger partial charge on any atom is 0.314 e. The van der Waals surface area contributed by atoms with Crippen LogP contribution in [0.25, 0.3) is 0 Å². The van der Waals surface area contributed by atoms with E-state index in [0.717, 1.165) is 23.4 Å². The third-order valence-electron chi connectivity index (χ3n) is 5.01. The summed E-state index contributed by atoms with van der Waals surface area (Å²) < 4.78 is 5.33. The molecule has 0 aromatic carbocycles. The Hall–Kier alpha value is -1.30. The minimum absolute atomic E-state index is 0.0190. The molecule has 2 fully saturated rings. The van der Waals surface area contributed by atoms with Crippen LogP contribution in [-0.2, 0) is 23.9 Å². The first-order valence-corrected chi connectivity index (χ1v) is 12.0. The van der Waals surface area contributed by atoms with E-state index in [0.29, 0.717) is 18.1 Å². The molecular formula is C18H28N2O7S2. The molecule has 11 heteroatoms. The molecule has 0 bridgehead atoms. The Balaban J connectivity index is 1.75. The number of amides is 2. The summed E-state index contributed by atoms with van der Waals surface area (Å²) in [5, 5.41) is 22.7. The van der Waals surface area contributed by atoms with Crippen molar-refractivity contribution in [3.8, 4) is 0 Å². The zero-order chi connectivity index (χ0) is 21.6. The highest BCUT2D eigenvalue weighted by Crippen LogP contribution is 2.31. The van der Waals surface area contributed by atoms with Gasteiger partial charge in [0.1, 0.15) is 25.2 Å². The highest BCUT2D eigenvalue weighted by molar-refractivity contribution is 8.76. The number of aldehydes is 1. The van der Waals surface area contributed by atoms with Gasteiger partial charge in [-0.15, -0.1) is 0 Å². The van der Waals surface area contributed by atoms with Crippen molar-refractivity contribution in [3.63, 3.8) is 0 Å². The van der Waals surface area contributed by atoms with Crippen LogP contribution in [0, 0.1) is 5.92 Å². The Morgan fingerprint density at radius 2 is 2.07 bits per heavy atom. The molecule has 2 aliphatic rings. The molecule has 9 nitrogen and oxygen atoms in total. The van der Waals surface area contributed by atoms with Crippen molar-refractivity contribution in [1.29, 1.82) is 0 Å². The first kappa shape index (κ1) is 24.0. The van der Waals surface area contributed by atoms with Crippen LogP contribution < -0.4 is 5.32 Å². The van der Waals surface area contributed by atoms with Gasteiger partial charge in [0.25, 0.3) is 0 Å². The van der Waals surface area contributed by atoms with Gasteiger partial charge in [0, 0.05) is 17.4 Å². The van der Waals surface area contributed by atoms with Crippen molar-refractivity contribution in [2.45, 2.75) is 69.2 Å². The molecule has 2 unspecified atom stereocenters. The fraction of sp³-hybridized carbons (Fsp3) is 0.778. The number of nitrogens with one attached hydrogen (secondary N) is 1. The Morgan fingerprint density at radius 1 is 1.34 bits per heavy atom. The summed E-state index contributed by atoms with van der Waals surface area (Å²) in [5.41, 5.74) is 0. The molecule has 6 atom stereocenters. The van der Waals surface area contributed by atoms with Gasteiger partial charge in [-0.1, -0.05) is 35.4 Å². The number of ether oxygens (including phenoxy) is 1. The molecular weight excluding hydrogens is 420 g/mol. The standard InChI is InChI=1S/C18H28N2O7S2/c1-10(5-7-28-29-11(2)4-3-6-21)18(26)27-9-12-8-13(22)14(23)15-19-16(24)17(25)20(12)15/h6,10-15,22-23H,3-5,7-9H2,1-2H3,(H,19,24)/t10?,11?,12-,13-,14-,15-/m0/s1. The van der Waals surface area contributed by atoms with Gasteiger partial charge in [0.15, 0.2) is 0 Å². The maximum atomic E-state index is 12.3. The number of aliphatic hydroxyl groups is 2. The first-order valence-electron chi connectivity index (χ1n) is 9.64. The van der Waals surface area contributed by atoms with Crippen molar-refractivity contribution < 1.29 is 34.1 Å². The van der Waals surface area contributed by atoms with Crippen LogP contribution in [0.15, 0.2) is 0 Å². The summed E-state index contributed by atoms with van der Waals surface area (Å²) in [4.78, 5) is 47.4. The predicted molar refractivity (Wildman–Crippen MR) is 109 cm³/mol. The van der Waals surface area contributed by atoms with Crippen LogP contribution in [-0.4, -0.2) is 81.2 Å². The minimum atomic E-state index is -1.28. The molecule has 0 aliphatic carbocycles. The zero-order valence-electron chi connectivity index (χ0n) is 16.5. The normalized spacial score (nSPS) is 28.5. The van der Waals surface area contributed by atoms with E-state index in [-0.39, 0.29) is 18.9 Å². The second-order valence-electron chi connectivity index (χ2n) is 7.37. The third-order valence-corrected chi connectivity index (χ3v) is 8.01. The third kappa shape index (κ3) is 6.34. The molecule has 2 saturated heterocycles. The van der Waals surface area contributed by atoms with Gasteiger partial charge in [0.05, 0.1) is 18.1 Å². The number of esters is 1. The van der Waals surface area contributed by atoms with E-state index in [1.54, 1.807) is 28.5 Å². The van der Waals surface area contributed by atoms with Crippen LogP contribution in [0.3, 0.4) is 0 Å². The van der Waals surface area contributed by atoms with E-state index in [9.17, 15) is 29.4 Å². The fourth-order valence-corrected chi connectivity index (χ4v) is 5.79. The minimum Gasteiger partial charge on any atom is -0.463 e. The first-order chi connectivity index (χ1) is 13.8. The zero-order valence-corrected chi connectivity index (χ0v) is 18.1. The lowest BCUT2D eigenvalue weighted by molar-refractivity contribution is -0.160. The van der Waals surface area contributed by atoms with Gasteiger partial charge >= 0.3 is 17.8 Å². The van der Waals surface area contributed by atoms with E-state index in [1.807, 2.05) is 0 Å². The van der Waals surface area contributed by atoms with Gasteiger partial charge in [-0.25, -0.2) is 0 Å². The molecule has 2 rings (SSSR count). The average Bonchev–Trinajstić information content (AvgIpc) is 3.00. The number of nitrogens with zero attached hydrogens (tertiary/aromatic N) is 1. The van der Waals surface area contributed by atoms with E-state index in [4.69, 9.17) is 4.74 Å². The van der Waals surface area contributed by atoms with Crippen molar-refractivity contribution in [2.24, 2.45) is 5.92 Å². The summed E-state index contributed by atoms with van der Waals surface area (Å²) in [6.45, 7) is 3.67.